The highest BCUT2D eigenvalue weighted by molar-refractivity contribution is 7.90. The van der Waals surface area contributed by atoms with Crippen LogP contribution in [0.4, 0.5) is 0 Å². The highest BCUT2D eigenvalue weighted by Gasteiger charge is 2.25. The molecule has 0 atom stereocenters. The molecule has 0 aliphatic rings. The first kappa shape index (κ1) is 16.7. The maximum atomic E-state index is 12.3. The van der Waals surface area contributed by atoms with Gasteiger partial charge in [-0.05, 0) is 12.1 Å². The summed E-state index contributed by atoms with van der Waals surface area (Å²) in [6.45, 7) is 1.26. The average Bonchev–Trinajstić information content (AvgIpc) is 2.90. The van der Waals surface area contributed by atoms with E-state index in [1.165, 1.54) is 19.1 Å². The summed E-state index contributed by atoms with van der Waals surface area (Å²) in [5.41, 5.74) is 0.257. The van der Waals surface area contributed by atoms with Crippen molar-refractivity contribution in [2.24, 2.45) is 0 Å². The lowest BCUT2D eigenvalue weighted by molar-refractivity contribution is -0.119. The minimum absolute atomic E-state index is 0.0148. The zero-order valence-electron chi connectivity index (χ0n) is 11.3. The van der Waals surface area contributed by atoms with Crippen LogP contribution in [-0.2, 0) is 26.9 Å². The number of nitrogens with one attached hydrogen (secondary N) is 1. The topological polar surface area (TPSA) is 102 Å². The van der Waals surface area contributed by atoms with Crippen molar-refractivity contribution in [2.45, 2.75) is 24.4 Å². The number of amides is 1. The molecule has 1 heterocycles. The van der Waals surface area contributed by atoms with Crippen molar-refractivity contribution in [2.75, 3.05) is 0 Å². The van der Waals surface area contributed by atoms with Crippen molar-refractivity contribution in [1.82, 2.24) is 15.5 Å². The SMILES string of the molecule is CC(=O)NCc1nnc(S(=O)(=O)Cc2c(Cl)cccc2Cl)o1. The second kappa shape index (κ2) is 6.64. The van der Waals surface area contributed by atoms with Crippen LogP contribution in [0.1, 0.15) is 18.4 Å². The van der Waals surface area contributed by atoms with Gasteiger partial charge in [0.25, 0.3) is 0 Å². The molecule has 1 N–H and O–H groups in total. The van der Waals surface area contributed by atoms with E-state index in [0.717, 1.165) is 0 Å². The first-order valence-electron chi connectivity index (χ1n) is 6.02. The molecule has 0 aliphatic heterocycles. The molecule has 1 aromatic heterocycles. The largest absolute Gasteiger partial charge is 0.411 e. The Morgan fingerprint density at radius 2 is 1.91 bits per heavy atom. The third-order valence-corrected chi connectivity index (χ3v) is 4.67. The molecule has 0 saturated carbocycles. The van der Waals surface area contributed by atoms with Gasteiger partial charge in [0.05, 0.1) is 12.3 Å². The number of nitrogens with zero attached hydrogens (tertiary/aromatic N) is 2. The van der Waals surface area contributed by atoms with Crippen LogP contribution in [0.25, 0.3) is 0 Å². The zero-order valence-corrected chi connectivity index (χ0v) is 13.7. The van der Waals surface area contributed by atoms with Crippen molar-refractivity contribution in [3.8, 4) is 0 Å². The quantitative estimate of drug-likeness (QED) is 0.871. The minimum Gasteiger partial charge on any atom is -0.411 e. The van der Waals surface area contributed by atoms with Crippen LogP contribution in [0.15, 0.2) is 27.8 Å². The second-order valence-corrected chi connectivity index (χ2v) is 7.01. The Labute approximate surface area is 136 Å². The number of rotatable bonds is 5. The minimum atomic E-state index is -3.90. The molecule has 1 amide bonds. The Morgan fingerprint density at radius 3 is 2.50 bits per heavy atom. The number of hydrogen-bond acceptors (Lipinski definition) is 6. The van der Waals surface area contributed by atoms with Gasteiger partial charge in [0.2, 0.25) is 21.6 Å². The van der Waals surface area contributed by atoms with E-state index in [0.29, 0.717) is 0 Å². The third kappa shape index (κ3) is 3.96. The number of aromatic nitrogens is 2. The fraction of sp³-hybridized carbons (Fsp3) is 0.250. The Hall–Kier alpha value is -1.64. The normalized spacial score (nSPS) is 11.4. The molecule has 0 fully saturated rings. The number of hydrogen-bond donors (Lipinski definition) is 1. The Balaban J connectivity index is 2.22. The summed E-state index contributed by atoms with van der Waals surface area (Å²) in [5.74, 6) is -0.780. The van der Waals surface area contributed by atoms with E-state index < -0.39 is 20.8 Å². The lowest BCUT2D eigenvalue weighted by atomic mass is 10.2. The predicted molar refractivity (Wildman–Crippen MR) is 79.2 cm³/mol. The first-order chi connectivity index (χ1) is 10.3. The summed E-state index contributed by atoms with van der Waals surface area (Å²) in [5, 5.41) is 9.38. The van der Waals surface area contributed by atoms with Crippen LogP contribution in [-0.4, -0.2) is 24.5 Å². The predicted octanol–water partition coefficient (Wildman–Crippen LogP) is 1.99. The summed E-state index contributed by atoms with van der Waals surface area (Å²) < 4.78 is 29.6. The second-order valence-electron chi connectivity index (χ2n) is 4.33. The maximum Gasteiger partial charge on any atom is 0.335 e. The van der Waals surface area contributed by atoms with Crippen LogP contribution in [0.3, 0.4) is 0 Å². The lowest BCUT2D eigenvalue weighted by Gasteiger charge is -2.05. The molecular formula is C12H11Cl2N3O4S. The molecule has 0 radical (unpaired) electrons. The highest BCUT2D eigenvalue weighted by atomic mass is 35.5. The molecule has 1 aromatic carbocycles. The van der Waals surface area contributed by atoms with Gasteiger partial charge in [0, 0.05) is 22.5 Å². The van der Waals surface area contributed by atoms with Gasteiger partial charge in [-0.3, -0.25) is 4.79 Å². The molecule has 0 unspecified atom stereocenters. The fourth-order valence-electron chi connectivity index (χ4n) is 1.56. The van der Waals surface area contributed by atoms with E-state index in [1.807, 2.05) is 0 Å². The van der Waals surface area contributed by atoms with E-state index in [9.17, 15) is 13.2 Å². The molecular weight excluding hydrogens is 353 g/mol. The monoisotopic (exact) mass is 363 g/mol. The summed E-state index contributed by atoms with van der Waals surface area (Å²) >= 11 is 11.9. The van der Waals surface area contributed by atoms with Gasteiger partial charge >= 0.3 is 5.22 Å². The number of halogens is 2. The van der Waals surface area contributed by atoms with E-state index in [1.54, 1.807) is 6.07 Å². The van der Waals surface area contributed by atoms with Gasteiger partial charge in [-0.2, -0.15) is 0 Å². The summed E-state index contributed by atoms with van der Waals surface area (Å²) in [4.78, 5) is 10.8. The Morgan fingerprint density at radius 1 is 1.27 bits per heavy atom. The van der Waals surface area contributed by atoms with Crippen LogP contribution in [0.2, 0.25) is 10.0 Å². The number of carbonyl (C=O) groups excluding carboxylic acids is 1. The third-order valence-electron chi connectivity index (χ3n) is 2.60. The van der Waals surface area contributed by atoms with Gasteiger partial charge in [0.1, 0.15) is 0 Å². The van der Waals surface area contributed by atoms with E-state index >= 15 is 0 Å². The molecule has 2 rings (SSSR count). The number of benzene rings is 1. The molecule has 0 spiro atoms. The van der Waals surface area contributed by atoms with Crippen molar-refractivity contribution < 1.29 is 17.6 Å². The molecule has 10 heteroatoms. The van der Waals surface area contributed by atoms with Crippen molar-refractivity contribution in [3.05, 3.63) is 39.7 Å². The molecule has 22 heavy (non-hydrogen) atoms. The zero-order chi connectivity index (χ0) is 16.3. The average molecular weight is 364 g/mol. The van der Waals surface area contributed by atoms with Crippen molar-refractivity contribution in [3.63, 3.8) is 0 Å². The van der Waals surface area contributed by atoms with Crippen LogP contribution in [0.5, 0.6) is 0 Å². The maximum absolute atomic E-state index is 12.3. The highest BCUT2D eigenvalue weighted by Crippen LogP contribution is 2.28. The van der Waals surface area contributed by atoms with E-state index in [2.05, 4.69) is 15.5 Å². The molecule has 0 saturated heterocycles. The lowest BCUT2D eigenvalue weighted by Crippen LogP contribution is -2.19. The van der Waals surface area contributed by atoms with Crippen molar-refractivity contribution in [1.29, 1.82) is 0 Å². The van der Waals surface area contributed by atoms with Crippen LogP contribution < -0.4 is 5.32 Å². The molecule has 118 valence electrons. The summed E-state index contributed by atoms with van der Waals surface area (Å²) in [6, 6.07) is 4.68. The standard InChI is InChI=1S/C12H11Cl2N3O4S/c1-7(18)15-5-11-16-17-12(21-11)22(19,20)6-8-9(13)3-2-4-10(8)14/h2-4H,5-6H2,1H3,(H,15,18). The number of sulfone groups is 1. The number of carbonyl (C=O) groups is 1. The summed E-state index contributed by atoms with van der Waals surface area (Å²) in [6.07, 6.45) is 0. The molecule has 7 nitrogen and oxygen atoms in total. The first-order valence-corrected chi connectivity index (χ1v) is 8.43. The summed E-state index contributed by atoms with van der Waals surface area (Å²) in [7, 11) is -3.90. The van der Waals surface area contributed by atoms with Gasteiger partial charge < -0.3 is 9.73 Å². The van der Waals surface area contributed by atoms with Gasteiger partial charge in [0.15, 0.2) is 0 Å². The van der Waals surface area contributed by atoms with Crippen LogP contribution in [0, 0.1) is 0 Å². The smallest absolute Gasteiger partial charge is 0.335 e. The fourth-order valence-corrected chi connectivity index (χ4v) is 3.45. The molecule has 2 aromatic rings. The Bertz CT molecular complexity index is 784. The molecule has 0 aliphatic carbocycles. The van der Waals surface area contributed by atoms with Gasteiger partial charge in [-0.15, -0.1) is 5.10 Å². The Kier molecular flexibility index (Phi) is 5.05. The van der Waals surface area contributed by atoms with Gasteiger partial charge in [-0.1, -0.05) is 34.4 Å². The van der Waals surface area contributed by atoms with Gasteiger partial charge in [-0.25, -0.2) is 8.42 Å². The van der Waals surface area contributed by atoms with Crippen molar-refractivity contribution >= 4 is 38.9 Å². The van der Waals surface area contributed by atoms with E-state index in [4.69, 9.17) is 27.6 Å². The van der Waals surface area contributed by atoms with E-state index in [-0.39, 0.29) is 34.0 Å². The van der Waals surface area contributed by atoms with Crippen LogP contribution >= 0.6 is 23.2 Å². The molecule has 0 bridgehead atoms.